The Hall–Kier alpha value is -4.02. The molecule has 0 aliphatic carbocycles. The number of imidazole rings is 1. The minimum Gasteiger partial charge on any atom is -0.475 e. The third-order valence-corrected chi connectivity index (χ3v) is 5.89. The first kappa shape index (κ1) is 23.7. The number of benzene rings is 1. The average Bonchev–Trinajstić information content (AvgIpc) is 3.43. The maximum atomic E-state index is 13.6. The largest absolute Gasteiger partial charge is 0.475 e. The van der Waals surface area contributed by atoms with Crippen LogP contribution in [0.15, 0.2) is 54.9 Å². The second kappa shape index (κ2) is 9.56. The normalized spacial score (nSPS) is 15.1. The summed E-state index contributed by atoms with van der Waals surface area (Å²) >= 11 is 0. The topological polar surface area (TPSA) is 77.8 Å². The Morgan fingerprint density at radius 2 is 1.86 bits per heavy atom. The minimum atomic E-state index is -4.46. The quantitative estimate of drug-likeness (QED) is 0.336. The van der Waals surface area contributed by atoms with Crippen LogP contribution in [0, 0.1) is 5.82 Å². The van der Waals surface area contributed by atoms with Gasteiger partial charge < -0.3 is 14.6 Å². The number of pyridine rings is 1. The van der Waals surface area contributed by atoms with Gasteiger partial charge in [0.1, 0.15) is 18.2 Å². The Kier molecular flexibility index (Phi) is 6.29. The summed E-state index contributed by atoms with van der Waals surface area (Å²) < 4.78 is 59.9. The Balaban J connectivity index is 1.50. The highest BCUT2D eigenvalue weighted by Gasteiger charge is 2.32. The SMILES string of the molecule is CCNc1nccc(-c2c(-c3ccc(F)cc3)nc3n2C(COc2ccc(C(F)(F)F)cn2)CC3)n1. The molecule has 1 aliphatic heterocycles. The van der Waals surface area contributed by atoms with Crippen molar-refractivity contribution in [2.45, 2.75) is 32.0 Å². The predicted octanol–water partition coefficient (Wildman–Crippen LogP) is 5.56. The number of alkyl halides is 3. The van der Waals surface area contributed by atoms with Gasteiger partial charge in [-0.25, -0.2) is 24.3 Å². The molecule has 186 valence electrons. The number of aromatic nitrogens is 5. The minimum absolute atomic E-state index is 0.105. The van der Waals surface area contributed by atoms with Crippen LogP contribution in [0.2, 0.25) is 0 Å². The number of fused-ring (bicyclic) bond motifs is 1. The lowest BCUT2D eigenvalue weighted by Crippen LogP contribution is -2.16. The van der Waals surface area contributed by atoms with E-state index in [0.29, 0.717) is 30.3 Å². The van der Waals surface area contributed by atoms with E-state index in [4.69, 9.17) is 9.72 Å². The van der Waals surface area contributed by atoms with E-state index in [9.17, 15) is 17.6 Å². The third-order valence-electron chi connectivity index (χ3n) is 5.89. The summed E-state index contributed by atoms with van der Waals surface area (Å²) in [7, 11) is 0. The molecule has 3 aromatic heterocycles. The van der Waals surface area contributed by atoms with Crippen LogP contribution in [0.25, 0.3) is 22.6 Å². The summed E-state index contributed by atoms with van der Waals surface area (Å²) in [6.45, 7) is 2.78. The van der Waals surface area contributed by atoms with Gasteiger partial charge in [-0.15, -0.1) is 0 Å². The summed E-state index contributed by atoms with van der Waals surface area (Å²) in [5, 5.41) is 3.10. The number of aryl methyl sites for hydroxylation is 1. The molecule has 11 heteroatoms. The van der Waals surface area contributed by atoms with Gasteiger partial charge in [-0.3, -0.25) is 0 Å². The van der Waals surface area contributed by atoms with Crippen LogP contribution < -0.4 is 10.1 Å². The lowest BCUT2D eigenvalue weighted by molar-refractivity contribution is -0.137. The van der Waals surface area contributed by atoms with Crippen LogP contribution in [0.5, 0.6) is 5.88 Å². The van der Waals surface area contributed by atoms with Crippen molar-refractivity contribution >= 4 is 5.95 Å². The van der Waals surface area contributed by atoms with Crippen molar-refractivity contribution in [1.82, 2.24) is 24.5 Å². The average molecular weight is 498 g/mol. The Morgan fingerprint density at radius 1 is 1.06 bits per heavy atom. The van der Waals surface area contributed by atoms with Gasteiger partial charge in [0, 0.05) is 37.0 Å². The highest BCUT2D eigenvalue weighted by atomic mass is 19.4. The van der Waals surface area contributed by atoms with Crippen LogP contribution in [-0.2, 0) is 12.6 Å². The summed E-state index contributed by atoms with van der Waals surface area (Å²) in [4.78, 5) is 17.6. The Morgan fingerprint density at radius 3 is 2.56 bits per heavy atom. The van der Waals surface area contributed by atoms with Crippen molar-refractivity contribution < 1.29 is 22.3 Å². The number of ether oxygens (including phenoxy) is 1. The fraction of sp³-hybridized carbons (Fsp3) is 0.280. The van der Waals surface area contributed by atoms with Crippen molar-refractivity contribution in [3.8, 4) is 28.5 Å². The van der Waals surface area contributed by atoms with Gasteiger partial charge in [-0.2, -0.15) is 13.2 Å². The van der Waals surface area contributed by atoms with Gasteiger partial charge in [0.15, 0.2) is 0 Å². The zero-order valence-corrected chi connectivity index (χ0v) is 19.3. The molecule has 1 aliphatic rings. The molecule has 4 heterocycles. The lowest BCUT2D eigenvalue weighted by Gasteiger charge is -2.18. The lowest BCUT2D eigenvalue weighted by atomic mass is 10.1. The van der Waals surface area contributed by atoms with E-state index in [1.165, 1.54) is 18.2 Å². The number of halogens is 4. The smallest absolute Gasteiger partial charge is 0.417 e. The van der Waals surface area contributed by atoms with E-state index >= 15 is 0 Å². The maximum absolute atomic E-state index is 13.6. The van der Waals surface area contributed by atoms with Gasteiger partial charge in [0.05, 0.1) is 28.7 Å². The Bertz CT molecular complexity index is 1350. The molecular formula is C25H22F4N6O. The van der Waals surface area contributed by atoms with Crippen molar-refractivity contribution in [1.29, 1.82) is 0 Å². The predicted molar refractivity (Wildman–Crippen MR) is 125 cm³/mol. The number of nitrogens with zero attached hydrogens (tertiary/aromatic N) is 5. The van der Waals surface area contributed by atoms with Crippen LogP contribution in [0.1, 0.15) is 30.8 Å². The van der Waals surface area contributed by atoms with E-state index in [1.807, 2.05) is 11.5 Å². The van der Waals surface area contributed by atoms with Crippen LogP contribution >= 0.6 is 0 Å². The first-order valence-corrected chi connectivity index (χ1v) is 11.4. The molecule has 0 saturated carbocycles. The molecule has 7 nitrogen and oxygen atoms in total. The van der Waals surface area contributed by atoms with Crippen LogP contribution in [0.3, 0.4) is 0 Å². The van der Waals surface area contributed by atoms with E-state index in [-0.39, 0.29) is 24.3 Å². The summed E-state index contributed by atoms with van der Waals surface area (Å²) in [5.74, 6) is 1.05. The number of rotatable bonds is 7. The van der Waals surface area contributed by atoms with E-state index in [1.54, 1.807) is 24.4 Å². The molecule has 0 amide bonds. The zero-order chi connectivity index (χ0) is 25.3. The standard InChI is InChI=1S/C25H22F4N6O/c1-2-30-24-31-12-11-19(33-24)23-22(15-3-6-17(26)7-4-15)34-20-9-8-18(35(20)23)14-36-21-10-5-16(13-32-21)25(27,28)29/h3-7,10-13,18H,2,8-9,14H2,1H3,(H,30,31,33). The highest BCUT2D eigenvalue weighted by molar-refractivity contribution is 5.78. The highest BCUT2D eigenvalue weighted by Crippen LogP contribution is 2.39. The summed E-state index contributed by atoms with van der Waals surface area (Å²) in [6.07, 6.45) is -0.648. The third kappa shape index (κ3) is 4.73. The number of nitrogens with one attached hydrogen (secondary N) is 1. The molecule has 36 heavy (non-hydrogen) atoms. The van der Waals surface area contributed by atoms with Crippen molar-refractivity contribution in [3.63, 3.8) is 0 Å². The first-order valence-electron chi connectivity index (χ1n) is 11.4. The molecule has 0 bridgehead atoms. The molecule has 0 fully saturated rings. The number of anilines is 1. The van der Waals surface area contributed by atoms with E-state index in [0.717, 1.165) is 35.8 Å². The van der Waals surface area contributed by atoms with Gasteiger partial charge in [0.25, 0.3) is 0 Å². The molecule has 1 unspecified atom stereocenters. The fourth-order valence-electron chi connectivity index (χ4n) is 4.23. The second-order valence-electron chi connectivity index (χ2n) is 8.28. The van der Waals surface area contributed by atoms with E-state index in [2.05, 4.69) is 20.3 Å². The molecular weight excluding hydrogens is 476 g/mol. The molecule has 4 aromatic rings. The molecule has 0 saturated heterocycles. The molecule has 1 aromatic carbocycles. The molecule has 0 spiro atoms. The van der Waals surface area contributed by atoms with Crippen LogP contribution in [0.4, 0.5) is 23.5 Å². The molecule has 0 radical (unpaired) electrons. The molecule has 1 N–H and O–H groups in total. The fourth-order valence-corrected chi connectivity index (χ4v) is 4.23. The summed E-state index contributed by atoms with van der Waals surface area (Å²) in [5.41, 5.74) is 1.94. The van der Waals surface area contributed by atoms with Gasteiger partial charge in [0.2, 0.25) is 11.8 Å². The van der Waals surface area contributed by atoms with Gasteiger partial charge in [-0.1, -0.05) is 0 Å². The first-order chi connectivity index (χ1) is 17.3. The molecule has 1 atom stereocenters. The molecule has 5 rings (SSSR count). The van der Waals surface area contributed by atoms with Crippen molar-refractivity contribution in [2.24, 2.45) is 0 Å². The number of hydrogen-bond acceptors (Lipinski definition) is 6. The second-order valence-corrected chi connectivity index (χ2v) is 8.28. The number of hydrogen-bond donors (Lipinski definition) is 1. The van der Waals surface area contributed by atoms with E-state index < -0.39 is 11.7 Å². The van der Waals surface area contributed by atoms with Crippen LogP contribution in [-0.4, -0.2) is 37.7 Å². The van der Waals surface area contributed by atoms with Crippen molar-refractivity contribution in [2.75, 3.05) is 18.5 Å². The van der Waals surface area contributed by atoms with Gasteiger partial charge >= 0.3 is 6.18 Å². The van der Waals surface area contributed by atoms with Crippen molar-refractivity contribution in [3.05, 3.63) is 72.1 Å². The Labute approximate surface area is 204 Å². The monoisotopic (exact) mass is 498 g/mol. The maximum Gasteiger partial charge on any atom is 0.417 e. The zero-order valence-electron chi connectivity index (χ0n) is 19.3. The summed E-state index contributed by atoms with van der Waals surface area (Å²) in [6, 6.07) is 9.88. The van der Waals surface area contributed by atoms with Gasteiger partial charge in [-0.05, 0) is 49.7 Å².